The zero-order chi connectivity index (χ0) is 19.9. The zero-order valence-corrected chi connectivity index (χ0v) is 17.2. The maximum absolute atomic E-state index is 14.0. The van der Waals surface area contributed by atoms with Crippen molar-refractivity contribution in [2.75, 3.05) is 20.8 Å². The molecule has 5 nitrogen and oxygen atoms in total. The summed E-state index contributed by atoms with van der Waals surface area (Å²) in [5.41, 5.74) is -1.37. The van der Waals surface area contributed by atoms with Crippen molar-refractivity contribution in [3.63, 3.8) is 0 Å². The average molecular weight is 376 g/mol. The molecule has 0 aromatic rings. The summed E-state index contributed by atoms with van der Waals surface area (Å²) < 4.78 is 11.0. The maximum atomic E-state index is 14.0. The summed E-state index contributed by atoms with van der Waals surface area (Å²) >= 11 is 0. The largest absolute Gasteiger partial charge is 0.385 e. The molecule has 2 bridgehead atoms. The Hall–Kier alpha value is -1.01. The molecule has 0 unspecified atom stereocenters. The van der Waals surface area contributed by atoms with Crippen LogP contribution < -0.4 is 0 Å². The van der Waals surface area contributed by atoms with Crippen LogP contribution in [-0.4, -0.2) is 54.6 Å². The molecule has 0 aliphatic heterocycles. The number of aliphatic hydroxyl groups is 2. The van der Waals surface area contributed by atoms with Gasteiger partial charge in [-0.05, 0) is 47.7 Å². The first-order valence-corrected chi connectivity index (χ1v) is 9.95. The number of allylic oxidation sites excluding steroid dienone is 1. The molecule has 0 aromatic heterocycles. The van der Waals surface area contributed by atoms with Gasteiger partial charge in [-0.15, -0.1) is 0 Å². The van der Waals surface area contributed by atoms with Gasteiger partial charge in [-0.3, -0.25) is 4.79 Å². The number of hydrogen-bond donors (Lipinski definition) is 2. The van der Waals surface area contributed by atoms with Crippen molar-refractivity contribution in [3.8, 4) is 0 Å². The van der Waals surface area contributed by atoms with Gasteiger partial charge < -0.3 is 19.7 Å². The van der Waals surface area contributed by atoms with E-state index in [1.807, 2.05) is 26.0 Å². The Balaban J connectivity index is 1.98. The quantitative estimate of drug-likeness (QED) is 0.738. The molecule has 4 aliphatic carbocycles. The maximum Gasteiger partial charge on any atom is 0.153 e. The van der Waals surface area contributed by atoms with E-state index in [0.29, 0.717) is 11.5 Å². The Morgan fingerprint density at radius 2 is 1.96 bits per heavy atom. The van der Waals surface area contributed by atoms with Gasteiger partial charge in [-0.1, -0.05) is 32.9 Å². The average Bonchev–Trinajstić information content (AvgIpc) is 3.07. The minimum Gasteiger partial charge on any atom is -0.385 e. The van der Waals surface area contributed by atoms with Gasteiger partial charge in [-0.25, -0.2) is 0 Å². The van der Waals surface area contributed by atoms with Crippen molar-refractivity contribution in [2.45, 2.75) is 51.9 Å². The Morgan fingerprint density at radius 3 is 2.56 bits per heavy atom. The lowest BCUT2D eigenvalue weighted by Crippen LogP contribution is -2.65. The number of ether oxygens (including phenoxy) is 2. The molecule has 27 heavy (non-hydrogen) atoms. The topological polar surface area (TPSA) is 76.0 Å². The second kappa shape index (κ2) is 5.76. The Morgan fingerprint density at radius 1 is 1.30 bits per heavy atom. The number of Topliss-reactive ketones (excluding diaryl/α,β-unsaturated/α-hetero) is 1. The fraction of sp³-hybridized carbons (Fsp3) is 0.773. The predicted octanol–water partition coefficient (Wildman–Crippen LogP) is 2.12. The van der Waals surface area contributed by atoms with Gasteiger partial charge in [0.05, 0.1) is 12.0 Å². The lowest BCUT2D eigenvalue weighted by atomic mass is 9.59. The second-order valence-electron chi connectivity index (χ2n) is 9.76. The number of fused-ring (bicyclic) bond motifs is 3. The van der Waals surface area contributed by atoms with E-state index in [1.165, 1.54) is 7.11 Å². The van der Waals surface area contributed by atoms with E-state index < -0.39 is 23.2 Å². The van der Waals surface area contributed by atoms with Crippen LogP contribution in [-0.2, 0) is 14.3 Å². The van der Waals surface area contributed by atoms with Crippen LogP contribution >= 0.6 is 0 Å². The van der Waals surface area contributed by atoms with Crippen molar-refractivity contribution in [3.05, 3.63) is 23.3 Å². The minimum absolute atomic E-state index is 0.0274. The minimum atomic E-state index is -1.72. The van der Waals surface area contributed by atoms with Gasteiger partial charge in [0.15, 0.2) is 5.78 Å². The Labute approximate surface area is 161 Å². The van der Waals surface area contributed by atoms with Crippen LogP contribution in [0.4, 0.5) is 0 Å². The Kier molecular flexibility index (Phi) is 4.12. The van der Waals surface area contributed by atoms with Crippen molar-refractivity contribution in [2.24, 2.45) is 34.5 Å². The van der Waals surface area contributed by atoms with E-state index in [2.05, 4.69) is 13.8 Å². The molecule has 0 amide bonds. The first-order chi connectivity index (χ1) is 12.6. The number of carbonyl (C=O) groups is 1. The Bertz CT molecular complexity index is 737. The number of aliphatic hydroxyl groups excluding tert-OH is 1. The van der Waals surface area contributed by atoms with Gasteiger partial charge in [0.1, 0.15) is 17.8 Å². The molecule has 0 aromatic carbocycles. The number of carbonyl (C=O) groups excluding carboxylic acids is 1. The summed E-state index contributed by atoms with van der Waals surface area (Å²) in [6, 6.07) is 0. The van der Waals surface area contributed by atoms with Crippen LogP contribution in [0.5, 0.6) is 0 Å². The van der Waals surface area contributed by atoms with E-state index in [4.69, 9.17) is 9.47 Å². The third-order valence-electron chi connectivity index (χ3n) is 8.26. The van der Waals surface area contributed by atoms with E-state index in [-0.39, 0.29) is 35.6 Å². The summed E-state index contributed by atoms with van der Waals surface area (Å²) in [7, 11) is 3.09. The van der Waals surface area contributed by atoms with Crippen molar-refractivity contribution >= 4 is 5.78 Å². The van der Waals surface area contributed by atoms with E-state index >= 15 is 0 Å². The number of hydrogen-bond acceptors (Lipinski definition) is 5. The summed E-state index contributed by atoms with van der Waals surface area (Å²) in [5.74, 6) is 0.302. The van der Waals surface area contributed by atoms with Gasteiger partial charge in [0, 0.05) is 20.1 Å². The highest BCUT2D eigenvalue weighted by Crippen LogP contribution is 2.71. The lowest BCUT2D eigenvalue weighted by molar-refractivity contribution is -0.195. The second-order valence-corrected chi connectivity index (χ2v) is 9.76. The molecule has 0 saturated heterocycles. The third-order valence-corrected chi connectivity index (χ3v) is 8.26. The number of methoxy groups -OCH3 is 2. The molecule has 2 N–H and O–H groups in total. The number of ketones is 1. The molecule has 1 spiro atoms. The van der Waals surface area contributed by atoms with Crippen LogP contribution in [0.3, 0.4) is 0 Å². The van der Waals surface area contributed by atoms with Crippen LogP contribution in [0.1, 0.15) is 34.1 Å². The van der Waals surface area contributed by atoms with Gasteiger partial charge in [-0.2, -0.15) is 0 Å². The van der Waals surface area contributed by atoms with E-state index in [1.54, 1.807) is 7.11 Å². The summed E-state index contributed by atoms with van der Waals surface area (Å²) in [5, 5.41) is 23.4. The molecular formula is C22H32O5. The molecule has 4 rings (SSSR count). The van der Waals surface area contributed by atoms with Gasteiger partial charge in [0.2, 0.25) is 0 Å². The van der Waals surface area contributed by atoms with Crippen LogP contribution in [0.15, 0.2) is 23.3 Å². The highest BCUT2D eigenvalue weighted by atomic mass is 16.5. The zero-order valence-electron chi connectivity index (χ0n) is 17.2. The molecular weight excluding hydrogens is 344 g/mol. The van der Waals surface area contributed by atoms with Gasteiger partial charge in [0.25, 0.3) is 0 Å². The molecule has 2 saturated carbocycles. The van der Waals surface area contributed by atoms with E-state index in [0.717, 1.165) is 12.0 Å². The molecule has 0 radical (unpaired) electrons. The van der Waals surface area contributed by atoms with E-state index in [9.17, 15) is 15.0 Å². The van der Waals surface area contributed by atoms with Gasteiger partial charge >= 0.3 is 0 Å². The first kappa shape index (κ1) is 19.3. The highest BCUT2D eigenvalue weighted by molar-refractivity contribution is 5.95. The smallest absolute Gasteiger partial charge is 0.153 e. The molecule has 5 heteroatoms. The third kappa shape index (κ3) is 2.06. The lowest BCUT2D eigenvalue weighted by Gasteiger charge is -2.49. The van der Waals surface area contributed by atoms with Crippen LogP contribution in [0.2, 0.25) is 0 Å². The fourth-order valence-corrected chi connectivity index (χ4v) is 6.93. The van der Waals surface area contributed by atoms with Crippen molar-refractivity contribution in [1.29, 1.82) is 0 Å². The van der Waals surface area contributed by atoms with Crippen LogP contribution in [0, 0.1) is 34.5 Å². The summed E-state index contributed by atoms with van der Waals surface area (Å²) in [4.78, 5) is 14.0. The standard InChI is InChI=1S/C22H32O5/c1-11-9-21-12(2)7-15-16(20(15,3)4)14(18(21)24)8-13(10-26-5)17(23)22(21,25)19(11)27-6/h8-9,12,14-17,19,23,25H,7,10H2,1-6H3/t12-,14+,15-,16+,17+,19+,21+,22+/m1/s1. The highest BCUT2D eigenvalue weighted by Gasteiger charge is 2.75. The first-order valence-electron chi connectivity index (χ1n) is 9.95. The fourth-order valence-electron chi connectivity index (χ4n) is 6.93. The molecule has 150 valence electrons. The SMILES string of the molecule is COCC1=C[C@@H]2C(=O)[C@]3(C=C(C)[C@H](OC)[C@@]3(O)[C@H]1O)[C@H](C)C[C@@H]1[C@H]2C1(C)C. The molecule has 4 aliphatic rings. The van der Waals surface area contributed by atoms with Crippen LogP contribution in [0.25, 0.3) is 0 Å². The normalized spacial score (nSPS) is 50.1. The summed E-state index contributed by atoms with van der Waals surface area (Å²) in [6.07, 6.45) is 2.73. The van der Waals surface area contributed by atoms with Crippen molar-refractivity contribution in [1.82, 2.24) is 0 Å². The monoisotopic (exact) mass is 376 g/mol. The van der Waals surface area contributed by atoms with Crippen molar-refractivity contribution < 1.29 is 24.5 Å². The predicted molar refractivity (Wildman–Crippen MR) is 101 cm³/mol. The molecule has 8 atom stereocenters. The summed E-state index contributed by atoms with van der Waals surface area (Å²) in [6.45, 7) is 8.57. The molecule has 0 heterocycles. The number of rotatable bonds is 3. The molecule has 2 fully saturated rings.